The zero-order valence-corrected chi connectivity index (χ0v) is 15.6. The third-order valence-electron chi connectivity index (χ3n) is 5.16. The molecule has 0 bridgehead atoms. The van der Waals surface area contributed by atoms with Crippen molar-refractivity contribution in [3.05, 3.63) is 57.3 Å². The van der Waals surface area contributed by atoms with Crippen LogP contribution in [0.4, 0.5) is 0 Å². The maximum Gasteiger partial charge on any atom is 0.256 e. The molecule has 1 aromatic heterocycles. The Morgan fingerprint density at radius 3 is 2.56 bits per heavy atom. The summed E-state index contributed by atoms with van der Waals surface area (Å²) in [5, 5.41) is 1.12. The van der Waals surface area contributed by atoms with Gasteiger partial charge >= 0.3 is 0 Å². The fourth-order valence-corrected chi connectivity index (χ4v) is 4.05. The number of benzene rings is 1. The van der Waals surface area contributed by atoms with Gasteiger partial charge in [0.25, 0.3) is 5.91 Å². The summed E-state index contributed by atoms with van der Waals surface area (Å²) in [5.41, 5.74) is 3.01. The van der Waals surface area contributed by atoms with Crippen molar-refractivity contribution >= 4 is 29.1 Å². The molecule has 0 unspecified atom stereocenters. The van der Waals surface area contributed by atoms with E-state index in [2.05, 4.69) is 9.47 Å². The Morgan fingerprint density at radius 2 is 1.80 bits per heavy atom. The minimum absolute atomic E-state index is 0.155. The van der Waals surface area contributed by atoms with Crippen LogP contribution in [0.25, 0.3) is 0 Å². The predicted molar refractivity (Wildman–Crippen MR) is 100 cm³/mol. The first-order valence-electron chi connectivity index (χ1n) is 8.75. The molecule has 2 aromatic rings. The Kier molecular flexibility index (Phi) is 4.76. The van der Waals surface area contributed by atoms with Gasteiger partial charge < -0.3 is 14.4 Å². The topological polar surface area (TPSA) is 28.5 Å². The smallest absolute Gasteiger partial charge is 0.256 e. The van der Waals surface area contributed by atoms with Crippen molar-refractivity contribution in [2.45, 2.75) is 25.9 Å². The molecule has 0 aliphatic carbocycles. The molecular formula is C19H21Cl2N3O. The number of hydrogen-bond acceptors (Lipinski definition) is 2. The van der Waals surface area contributed by atoms with Gasteiger partial charge in [-0.1, -0.05) is 29.3 Å². The van der Waals surface area contributed by atoms with Crippen LogP contribution in [-0.4, -0.2) is 46.5 Å². The van der Waals surface area contributed by atoms with E-state index >= 15 is 0 Å². The van der Waals surface area contributed by atoms with E-state index in [0.717, 1.165) is 29.9 Å². The largest absolute Gasteiger partial charge is 0.345 e. The summed E-state index contributed by atoms with van der Waals surface area (Å²) in [5.74, 6) is 0.155. The molecule has 1 fully saturated rings. The van der Waals surface area contributed by atoms with Gasteiger partial charge in [0.2, 0.25) is 0 Å². The summed E-state index contributed by atoms with van der Waals surface area (Å²) in [6.45, 7) is 5.50. The highest BCUT2D eigenvalue weighted by Crippen LogP contribution is 2.27. The van der Waals surface area contributed by atoms with E-state index in [0.29, 0.717) is 23.1 Å². The highest BCUT2D eigenvalue weighted by molar-refractivity contribution is 6.42. The van der Waals surface area contributed by atoms with Gasteiger partial charge in [-0.3, -0.25) is 4.79 Å². The van der Waals surface area contributed by atoms with Crippen LogP contribution in [-0.2, 0) is 13.1 Å². The maximum absolute atomic E-state index is 12.6. The van der Waals surface area contributed by atoms with E-state index in [1.807, 2.05) is 35.4 Å². The molecule has 6 heteroatoms. The van der Waals surface area contributed by atoms with Crippen LogP contribution < -0.4 is 0 Å². The lowest BCUT2D eigenvalue weighted by atomic mass is 10.2. The van der Waals surface area contributed by atoms with Crippen molar-refractivity contribution < 1.29 is 4.79 Å². The second-order valence-corrected chi connectivity index (χ2v) is 7.64. The monoisotopic (exact) mass is 377 g/mol. The summed E-state index contributed by atoms with van der Waals surface area (Å²) in [4.78, 5) is 17.0. The lowest BCUT2D eigenvalue weighted by molar-refractivity contribution is 0.0762. The van der Waals surface area contributed by atoms with Gasteiger partial charge in [-0.05, 0) is 49.7 Å². The molecule has 0 spiro atoms. The number of carbonyl (C=O) groups is 1. The number of fused-ring (bicyclic) bond motifs is 1. The molecule has 3 heterocycles. The number of amides is 1. The van der Waals surface area contributed by atoms with E-state index in [1.54, 1.807) is 0 Å². The number of carbonyl (C=O) groups excluding carboxylic acids is 1. The maximum atomic E-state index is 12.6. The standard InChI is InChI=1S/C19H21Cl2N3O/c20-16-4-3-14(11-17(16)21)12-23-8-5-15-18(23)13-24(19(15)25)10-9-22-6-1-2-7-22/h3-5,8,11H,1-2,6-7,9-10,12-13H2. The van der Waals surface area contributed by atoms with Crippen LogP contribution in [0.1, 0.15) is 34.5 Å². The van der Waals surface area contributed by atoms with Gasteiger partial charge in [0.15, 0.2) is 0 Å². The Balaban J connectivity index is 1.45. The van der Waals surface area contributed by atoms with E-state index in [-0.39, 0.29) is 5.91 Å². The zero-order chi connectivity index (χ0) is 17.4. The molecule has 2 aliphatic rings. The summed E-state index contributed by atoms with van der Waals surface area (Å²) < 4.78 is 2.14. The molecule has 0 atom stereocenters. The lowest BCUT2D eigenvalue weighted by Crippen LogP contribution is -2.34. The summed E-state index contributed by atoms with van der Waals surface area (Å²) in [7, 11) is 0. The Bertz CT molecular complexity index is 796. The third-order valence-corrected chi connectivity index (χ3v) is 5.90. The quantitative estimate of drug-likeness (QED) is 0.790. The SMILES string of the molecule is O=C1c2ccn(Cc3ccc(Cl)c(Cl)c3)c2CN1CCN1CCCC1. The van der Waals surface area contributed by atoms with Gasteiger partial charge in [-0.15, -0.1) is 0 Å². The summed E-state index contributed by atoms with van der Waals surface area (Å²) >= 11 is 12.1. The molecule has 0 N–H and O–H groups in total. The number of nitrogens with zero attached hydrogens (tertiary/aromatic N) is 3. The number of aromatic nitrogens is 1. The van der Waals surface area contributed by atoms with Crippen molar-refractivity contribution in [2.24, 2.45) is 0 Å². The van der Waals surface area contributed by atoms with Crippen LogP contribution >= 0.6 is 23.2 Å². The molecule has 0 saturated carbocycles. The third kappa shape index (κ3) is 3.43. The highest BCUT2D eigenvalue weighted by Gasteiger charge is 2.30. The molecule has 25 heavy (non-hydrogen) atoms. The second-order valence-electron chi connectivity index (χ2n) is 6.83. The van der Waals surface area contributed by atoms with Crippen LogP contribution in [0.15, 0.2) is 30.5 Å². The van der Waals surface area contributed by atoms with E-state index in [4.69, 9.17) is 23.2 Å². The van der Waals surface area contributed by atoms with Crippen molar-refractivity contribution in [1.82, 2.24) is 14.4 Å². The number of hydrogen-bond donors (Lipinski definition) is 0. The van der Waals surface area contributed by atoms with Gasteiger partial charge in [-0.2, -0.15) is 0 Å². The molecule has 1 amide bonds. The average molecular weight is 378 g/mol. The van der Waals surface area contributed by atoms with Crippen molar-refractivity contribution in [3.63, 3.8) is 0 Å². The lowest BCUT2D eigenvalue weighted by Gasteiger charge is -2.21. The molecule has 2 aliphatic heterocycles. The first-order valence-corrected chi connectivity index (χ1v) is 9.51. The highest BCUT2D eigenvalue weighted by atomic mass is 35.5. The number of rotatable bonds is 5. The zero-order valence-electron chi connectivity index (χ0n) is 14.0. The minimum atomic E-state index is 0.155. The molecular weight excluding hydrogens is 357 g/mol. The fraction of sp³-hybridized carbons (Fsp3) is 0.421. The van der Waals surface area contributed by atoms with Crippen LogP contribution in [0.3, 0.4) is 0 Å². The molecule has 4 nitrogen and oxygen atoms in total. The second kappa shape index (κ2) is 7.02. The van der Waals surface area contributed by atoms with Gasteiger partial charge in [0.1, 0.15) is 0 Å². The number of likely N-dealkylation sites (tertiary alicyclic amines) is 1. The average Bonchev–Trinajstić information content (AvgIpc) is 3.30. The van der Waals surface area contributed by atoms with Crippen LogP contribution in [0, 0.1) is 0 Å². The van der Waals surface area contributed by atoms with Gasteiger partial charge in [0.05, 0.1) is 27.8 Å². The molecule has 4 rings (SSSR count). The molecule has 132 valence electrons. The minimum Gasteiger partial charge on any atom is -0.345 e. The van der Waals surface area contributed by atoms with Gasteiger partial charge in [0, 0.05) is 25.8 Å². The molecule has 1 aromatic carbocycles. The predicted octanol–water partition coefficient (Wildman–Crippen LogP) is 3.89. The van der Waals surface area contributed by atoms with Crippen molar-refractivity contribution in [2.75, 3.05) is 26.2 Å². The first-order chi connectivity index (χ1) is 12.1. The van der Waals surface area contributed by atoms with Crippen LogP contribution in [0.5, 0.6) is 0 Å². The number of halogens is 2. The van der Waals surface area contributed by atoms with Crippen molar-refractivity contribution in [1.29, 1.82) is 0 Å². The first kappa shape index (κ1) is 17.0. The van der Waals surface area contributed by atoms with Crippen molar-refractivity contribution in [3.8, 4) is 0 Å². The van der Waals surface area contributed by atoms with Gasteiger partial charge in [-0.25, -0.2) is 0 Å². The Hall–Kier alpha value is -1.49. The fourth-order valence-electron chi connectivity index (χ4n) is 3.73. The van der Waals surface area contributed by atoms with E-state index in [9.17, 15) is 4.79 Å². The normalized spacial score (nSPS) is 17.5. The molecule has 0 radical (unpaired) electrons. The Labute approximate surface area is 157 Å². The summed E-state index contributed by atoms with van der Waals surface area (Å²) in [6, 6.07) is 7.61. The van der Waals surface area contributed by atoms with E-state index < -0.39 is 0 Å². The van der Waals surface area contributed by atoms with Crippen LogP contribution in [0.2, 0.25) is 10.0 Å². The molecule has 1 saturated heterocycles. The van der Waals surface area contributed by atoms with E-state index in [1.165, 1.54) is 25.9 Å². The Morgan fingerprint density at radius 1 is 1.00 bits per heavy atom. The summed E-state index contributed by atoms with van der Waals surface area (Å²) in [6.07, 6.45) is 4.55.